The second-order valence-electron chi connectivity index (χ2n) is 9.12. The van der Waals surface area contributed by atoms with Crippen molar-refractivity contribution >= 4 is 24.0 Å². The Balaban J connectivity index is 0.00000380. The third kappa shape index (κ3) is 9.42. The van der Waals surface area contributed by atoms with Gasteiger partial charge >= 0.3 is 0 Å². The first kappa shape index (κ1) is 29.1. The summed E-state index contributed by atoms with van der Waals surface area (Å²) in [6.07, 6.45) is 2.94. The monoisotopic (exact) mass is 544 g/mol. The van der Waals surface area contributed by atoms with Crippen molar-refractivity contribution in [3.8, 4) is 17.2 Å². The third-order valence-electron chi connectivity index (χ3n) is 6.63. The Bertz CT molecular complexity index is 1070. The number of benzene rings is 3. The minimum Gasteiger partial charge on any atom is -0.497 e. The topological polar surface area (TPSA) is 34.2 Å². The molecule has 1 saturated heterocycles. The summed E-state index contributed by atoms with van der Waals surface area (Å²) in [4.78, 5) is 4.99. The molecule has 0 spiro atoms. The molecule has 7 heteroatoms. The second-order valence-corrected chi connectivity index (χ2v) is 9.53. The first-order chi connectivity index (χ1) is 17.7. The summed E-state index contributed by atoms with van der Waals surface area (Å²) >= 11 is 6.16. The molecule has 0 atom stereocenters. The Labute approximate surface area is 232 Å². The van der Waals surface area contributed by atoms with Gasteiger partial charge in [-0.05, 0) is 60.7 Å². The fourth-order valence-corrected chi connectivity index (χ4v) is 4.70. The van der Waals surface area contributed by atoms with Crippen LogP contribution in [0.15, 0.2) is 72.8 Å². The van der Waals surface area contributed by atoms with Crippen LogP contribution in [-0.2, 0) is 12.8 Å². The largest absolute Gasteiger partial charge is 0.497 e. The molecule has 1 heterocycles. The van der Waals surface area contributed by atoms with Crippen LogP contribution in [-0.4, -0.2) is 69.4 Å². The van der Waals surface area contributed by atoms with Crippen LogP contribution >= 0.6 is 24.0 Å². The Morgan fingerprint density at radius 3 is 2.16 bits per heavy atom. The predicted octanol–water partition coefficient (Wildman–Crippen LogP) is 6.02. The molecule has 1 aliphatic rings. The van der Waals surface area contributed by atoms with Gasteiger partial charge in [-0.3, -0.25) is 4.90 Å². The highest BCUT2D eigenvalue weighted by Gasteiger charge is 2.16. The number of aryl methyl sites for hydroxylation is 2. The molecule has 0 N–H and O–H groups in total. The summed E-state index contributed by atoms with van der Waals surface area (Å²) < 4.78 is 17.4. The average molecular weight is 546 g/mol. The Hall–Kier alpha value is -2.44. The number of rotatable bonds is 13. The van der Waals surface area contributed by atoms with E-state index in [1.807, 2.05) is 36.4 Å². The van der Waals surface area contributed by atoms with Crippen molar-refractivity contribution in [2.75, 3.05) is 59.6 Å². The zero-order valence-corrected chi connectivity index (χ0v) is 23.2. The lowest BCUT2D eigenvalue weighted by Crippen LogP contribution is -2.47. The molecule has 1 fully saturated rings. The number of hydrogen-bond acceptors (Lipinski definition) is 5. The highest BCUT2D eigenvalue weighted by Crippen LogP contribution is 2.23. The first-order valence-electron chi connectivity index (χ1n) is 12.9. The maximum Gasteiger partial charge on any atom is 0.137 e. The summed E-state index contributed by atoms with van der Waals surface area (Å²) in [6.45, 7) is 7.70. The number of hydrogen-bond donors (Lipinski definition) is 0. The van der Waals surface area contributed by atoms with Gasteiger partial charge in [-0.15, -0.1) is 12.4 Å². The normalized spacial score (nSPS) is 14.1. The van der Waals surface area contributed by atoms with E-state index in [-0.39, 0.29) is 12.4 Å². The highest BCUT2D eigenvalue weighted by molar-refractivity contribution is 6.32. The van der Waals surface area contributed by atoms with Crippen LogP contribution in [0.4, 0.5) is 0 Å². The van der Waals surface area contributed by atoms with Gasteiger partial charge in [0.1, 0.15) is 23.9 Å². The lowest BCUT2D eigenvalue weighted by molar-refractivity contribution is 0.112. The lowest BCUT2D eigenvalue weighted by atomic mass is 10.0. The van der Waals surface area contributed by atoms with Gasteiger partial charge < -0.3 is 19.1 Å². The number of methoxy groups -OCH3 is 1. The van der Waals surface area contributed by atoms with Crippen LogP contribution < -0.4 is 14.2 Å². The molecule has 200 valence electrons. The molecule has 0 saturated carbocycles. The summed E-state index contributed by atoms with van der Waals surface area (Å²) in [5.41, 5.74) is 2.53. The van der Waals surface area contributed by atoms with E-state index in [0.29, 0.717) is 11.6 Å². The predicted molar refractivity (Wildman–Crippen MR) is 154 cm³/mol. The van der Waals surface area contributed by atoms with Gasteiger partial charge in [-0.1, -0.05) is 54.1 Å². The Kier molecular flexibility index (Phi) is 12.4. The van der Waals surface area contributed by atoms with Crippen LogP contribution in [0.3, 0.4) is 0 Å². The molecule has 0 unspecified atom stereocenters. The Morgan fingerprint density at radius 2 is 1.41 bits per heavy atom. The molecule has 3 aromatic carbocycles. The number of ether oxygens (including phenoxy) is 3. The maximum absolute atomic E-state index is 6.20. The fourth-order valence-electron chi connectivity index (χ4n) is 4.51. The molecule has 37 heavy (non-hydrogen) atoms. The summed E-state index contributed by atoms with van der Waals surface area (Å²) in [5.74, 6) is 2.67. The maximum atomic E-state index is 6.20. The van der Waals surface area contributed by atoms with E-state index in [0.717, 1.165) is 82.4 Å². The van der Waals surface area contributed by atoms with E-state index in [1.54, 1.807) is 7.11 Å². The molecule has 3 aromatic rings. The molecular formula is C30H38Cl2N2O3. The van der Waals surface area contributed by atoms with Gasteiger partial charge in [0.15, 0.2) is 0 Å². The van der Waals surface area contributed by atoms with Crippen molar-refractivity contribution in [2.45, 2.75) is 19.3 Å². The van der Waals surface area contributed by atoms with Crippen molar-refractivity contribution in [1.82, 2.24) is 9.80 Å². The van der Waals surface area contributed by atoms with Gasteiger partial charge in [-0.25, -0.2) is 0 Å². The van der Waals surface area contributed by atoms with Crippen molar-refractivity contribution in [1.29, 1.82) is 0 Å². The van der Waals surface area contributed by atoms with E-state index < -0.39 is 0 Å². The number of nitrogens with zero attached hydrogens (tertiary/aromatic N) is 2. The Morgan fingerprint density at radius 1 is 0.730 bits per heavy atom. The van der Waals surface area contributed by atoms with Crippen molar-refractivity contribution < 1.29 is 14.2 Å². The molecule has 5 nitrogen and oxygen atoms in total. The summed E-state index contributed by atoms with van der Waals surface area (Å²) in [6, 6.07) is 24.3. The lowest BCUT2D eigenvalue weighted by Gasteiger charge is -2.34. The zero-order chi connectivity index (χ0) is 25.0. The molecule has 0 bridgehead atoms. The van der Waals surface area contributed by atoms with Crippen molar-refractivity contribution in [3.05, 3.63) is 88.9 Å². The molecule has 0 aliphatic carbocycles. The first-order valence-corrected chi connectivity index (χ1v) is 13.2. The number of halogens is 2. The van der Waals surface area contributed by atoms with Gasteiger partial charge in [0, 0.05) is 39.3 Å². The smallest absolute Gasteiger partial charge is 0.137 e. The number of para-hydroxylation sites is 2. The SMILES string of the molecule is COc1cccc(CCc2ccccc2OCCCN2CCN(CCOc3ccccc3Cl)CC2)c1.Cl. The molecule has 0 amide bonds. The van der Waals surface area contributed by atoms with Crippen molar-refractivity contribution in [2.24, 2.45) is 0 Å². The molecule has 0 aromatic heterocycles. The highest BCUT2D eigenvalue weighted by atomic mass is 35.5. The van der Waals surface area contributed by atoms with Crippen molar-refractivity contribution in [3.63, 3.8) is 0 Å². The van der Waals surface area contributed by atoms with Gasteiger partial charge in [0.05, 0.1) is 18.7 Å². The fraction of sp³-hybridized carbons (Fsp3) is 0.400. The van der Waals surface area contributed by atoms with Gasteiger partial charge in [0.2, 0.25) is 0 Å². The third-order valence-corrected chi connectivity index (χ3v) is 6.94. The van der Waals surface area contributed by atoms with Crippen LogP contribution in [0.2, 0.25) is 5.02 Å². The van der Waals surface area contributed by atoms with Gasteiger partial charge in [0.25, 0.3) is 0 Å². The van der Waals surface area contributed by atoms with E-state index in [2.05, 4.69) is 46.2 Å². The second kappa shape index (κ2) is 15.7. The van der Waals surface area contributed by atoms with Crippen LogP contribution in [0.5, 0.6) is 17.2 Å². The van der Waals surface area contributed by atoms with E-state index in [4.69, 9.17) is 25.8 Å². The molecular weight excluding hydrogens is 507 g/mol. The zero-order valence-electron chi connectivity index (χ0n) is 21.6. The van der Waals surface area contributed by atoms with Crippen LogP contribution in [0.25, 0.3) is 0 Å². The van der Waals surface area contributed by atoms with Crippen LogP contribution in [0, 0.1) is 0 Å². The van der Waals surface area contributed by atoms with E-state index in [9.17, 15) is 0 Å². The molecule has 1 aliphatic heterocycles. The number of piperazine rings is 1. The molecule has 0 radical (unpaired) electrons. The molecule has 4 rings (SSSR count). The van der Waals surface area contributed by atoms with Crippen LogP contribution in [0.1, 0.15) is 17.5 Å². The minimum absolute atomic E-state index is 0. The summed E-state index contributed by atoms with van der Waals surface area (Å²) in [7, 11) is 1.71. The van der Waals surface area contributed by atoms with E-state index in [1.165, 1.54) is 11.1 Å². The average Bonchev–Trinajstić information content (AvgIpc) is 2.92. The standard InChI is InChI=1S/C30H37ClN2O3.ClH/c1-34-27-10-6-8-25(24-27)14-15-26-9-2-4-12-29(26)35-22-7-16-32-17-19-33(20-18-32)21-23-36-30-13-5-3-11-28(30)31;/h2-6,8-13,24H,7,14-23H2,1H3;1H. The van der Waals surface area contributed by atoms with E-state index >= 15 is 0 Å². The minimum atomic E-state index is 0. The quantitative estimate of drug-likeness (QED) is 0.246. The summed E-state index contributed by atoms with van der Waals surface area (Å²) in [5, 5.41) is 0.670. The van der Waals surface area contributed by atoms with Gasteiger partial charge in [-0.2, -0.15) is 0 Å².